The van der Waals surface area contributed by atoms with Crippen LogP contribution in [0.1, 0.15) is 17.5 Å². The molecule has 1 fully saturated rings. The van der Waals surface area contributed by atoms with Gasteiger partial charge in [0.15, 0.2) is 0 Å². The molecule has 0 amide bonds. The van der Waals surface area contributed by atoms with E-state index in [0.29, 0.717) is 6.61 Å². The van der Waals surface area contributed by atoms with Crippen molar-refractivity contribution < 1.29 is 14.2 Å². The Morgan fingerprint density at radius 1 is 1.27 bits per heavy atom. The Morgan fingerprint density at radius 2 is 2.00 bits per heavy atom. The van der Waals surface area contributed by atoms with E-state index in [1.54, 1.807) is 0 Å². The van der Waals surface area contributed by atoms with Crippen LogP contribution in [0.5, 0.6) is 0 Å². The molecular formula is C12H16O3. The van der Waals surface area contributed by atoms with Gasteiger partial charge in [0.05, 0.1) is 19.8 Å². The molecule has 0 spiro atoms. The third-order valence-electron chi connectivity index (χ3n) is 2.43. The van der Waals surface area contributed by atoms with Crippen LogP contribution >= 0.6 is 0 Å². The van der Waals surface area contributed by atoms with Crippen molar-refractivity contribution in [2.45, 2.75) is 26.4 Å². The fourth-order valence-electron chi connectivity index (χ4n) is 1.49. The zero-order chi connectivity index (χ0) is 10.5. The Balaban J connectivity index is 1.84. The van der Waals surface area contributed by atoms with E-state index < -0.39 is 6.48 Å². The van der Waals surface area contributed by atoms with Crippen LogP contribution in [-0.4, -0.2) is 19.7 Å². The minimum Gasteiger partial charge on any atom is -0.330 e. The van der Waals surface area contributed by atoms with E-state index >= 15 is 0 Å². The number of hydrogen-bond donors (Lipinski definition) is 0. The van der Waals surface area contributed by atoms with Crippen LogP contribution in [0, 0.1) is 6.92 Å². The van der Waals surface area contributed by atoms with E-state index in [1.165, 1.54) is 11.1 Å². The van der Waals surface area contributed by atoms with Crippen molar-refractivity contribution in [3.63, 3.8) is 0 Å². The first-order valence-corrected chi connectivity index (χ1v) is 5.25. The van der Waals surface area contributed by atoms with Gasteiger partial charge in [0, 0.05) is 0 Å². The molecule has 3 heteroatoms. The maximum Gasteiger partial charge on any atom is 0.271 e. The lowest BCUT2D eigenvalue weighted by Gasteiger charge is -2.23. The van der Waals surface area contributed by atoms with Crippen molar-refractivity contribution in [2.24, 2.45) is 0 Å². The van der Waals surface area contributed by atoms with Gasteiger partial charge in [-0.1, -0.05) is 24.3 Å². The van der Waals surface area contributed by atoms with Gasteiger partial charge in [0.1, 0.15) is 0 Å². The van der Waals surface area contributed by atoms with Crippen molar-refractivity contribution in [2.75, 3.05) is 13.2 Å². The minimum atomic E-state index is -0.488. The summed E-state index contributed by atoms with van der Waals surface area (Å²) in [5, 5.41) is 0. The molecule has 2 rings (SSSR count). The predicted octanol–water partition coefficient (Wildman–Crippen LogP) is 2.23. The van der Waals surface area contributed by atoms with Crippen molar-refractivity contribution in [3.8, 4) is 0 Å². The molecule has 0 aliphatic carbocycles. The second-order valence-electron chi connectivity index (χ2n) is 3.62. The van der Waals surface area contributed by atoms with E-state index in [1.807, 2.05) is 12.1 Å². The van der Waals surface area contributed by atoms with E-state index in [0.717, 1.165) is 19.6 Å². The first-order valence-electron chi connectivity index (χ1n) is 5.25. The van der Waals surface area contributed by atoms with E-state index in [4.69, 9.17) is 14.2 Å². The molecular weight excluding hydrogens is 192 g/mol. The topological polar surface area (TPSA) is 27.7 Å². The fraction of sp³-hybridized carbons (Fsp3) is 0.500. The average Bonchev–Trinajstić information content (AvgIpc) is 2.29. The van der Waals surface area contributed by atoms with Crippen LogP contribution < -0.4 is 0 Å². The van der Waals surface area contributed by atoms with Gasteiger partial charge in [-0.3, -0.25) is 0 Å². The van der Waals surface area contributed by atoms with Gasteiger partial charge < -0.3 is 14.2 Å². The Hall–Kier alpha value is -0.900. The average molecular weight is 208 g/mol. The number of aryl methyl sites for hydroxylation is 1. The van der Waals surface area contributed by atoms with E-state index in [2.05, 4.69) is 19.1 Å². The second-order valence-corrected chi connectivity index (χ2v) is 3.62. The van der Waals surface area contributed by atoms with Crippen LogP contribution in [0.2, 0.25) is 0 Å². The highest BCUT2D eigenvalue weighted by atomic mass is 16.8. The molecule has 0 radical (unpaired) electrons. The lowest BCUT2D eigenvalue weighted by Crippen LogP contribution is -2.27. The monoisotopic (exact) mass is 208 g/mol. The smallest absolute Gasteiger partial charge is 0.271 e. The molecule has 0 unspecified atom stereocenters. The number of ether oxygens (including phenoxy) is 3. The summed E-state index contributed by atoms with van der Waals surface area (Å²) in [6.45, 7) is 3.56. The molecule has 15 heavy (non-hydrogen) atoms. The van der Waals surface area contributed by atoms with Gasteiger partial charge in [-0.2, -0.15) is 0 Å². The van der Waals surface area contributed by atoms with E-state index in [9.17, 15) is 0 Å². The molecule has 0 aromatic heterocycles. The standard InChI is InChI=1S/C12H16O3/c1-10-5-2-3-6-11(10)9-15-12-13-7-4-8-14-12/h2-3,5-6,12H,4,7-9H2,1H3. The van der Waals surface area contributed by atoms with Crippen molar-refractivity contribution in [1.82, 2.24) is 0 Å². The Bertz CT molecular complexity index is 305. The SMILES string of the molecule is Cc1ccccc1COC1OCCCO1. The molecule has 3 nitrogen and oxygen atoms in total. The fourth-order valence-corrected chi connectivity index (χ4v) is 1.49. The van der Waals surface area contributed by atoms with Crippen molar-refractivity contribution >= 4 is 0 Å². The molecule has 1 aromatic rings. The molecule has 0 saturated carbocycles. The highest BCUT2D eigenvalue weighted by Crippen LogP contribution is 2.12. The summed E-state index contributed by atoms with van der Waals surface area (Å²) in [4.78, 5) is 0. The molecule has 1 aromatic carbocycles. The zero-order valence-electron chi connectivity index (χ0n) is 8.94. The van der Waals surface area contributed by atoms with Gasteiger partial charge in [-0.05, 0) is 24.5 Å². The summed E-state index contributed by atoms with van der Waals surface area (Å²) in [7, 11) is 0. The number of rotatable bonds is 3. The van der Waals surface area contributed by atoms with E-state index in [-0.39, 0.29) is 0 Å². The molecule has 1 aliphatic heterocycles. The zero-order valence-corrected chi connectivity index (χ0v) is 8.94. The molecule has 1 aliphatic rings. The van der Waals surface area contributed by atoms with Gasteiger partial charge in [-0.15, -0.1) is 0 Å². The minimum absolute atomic E-state index is 0.488. The number of benzene rings is 1. The summed E-state index contributed by atoms with van der Waals surface area (Å²) < 4.78 is 16.1. The first-order chi connectivity index (χ1) is 7.36. The van der Waals surface area contributed by atoms with Crippen molar-refractivity contribution in [1.29, 1.82) is 0 Å². The lowest BCUT2D eigenvalue weighted by molar-refractivity contribution is -0.314. The van der Waals surface area contributed by atoms with Gasteiger partial charge >= 0.3 is 0 Å². The van der Waals surface area contributed by atoms with Crippen LogP contribution in [0.25, 0.3) is 0 Å². The molecule has 1 saturated heterocycles. The lowest BCUT2D eigenvalue weighted by atomic mass is 10.1. The maximum absolute atomic E-state index is 5.51. The molecule has 0 atom stereocenters. The summed E-state index contributed by atoms with van der Waals surface area (Å²) in [5.74, 6) is 0. The highest BCUT2D eigenvalue weighted by molar-refractivity contribution is 5.24. The maximum atomic E-state index is 5.51. The largest absolute Gasteiger partial charge is 0.330 e. The Morgan fingerprint density at radius 3 is 2.73 bits per heavy atom. The highest BCUT2D eigenvalue weighted by Gasteiger charge is 2.14. The quantitative estimate of drug-likeness (QED) is 0.762. The van der Waals surface area contributed by atoms with Crippen LogP contribution in [0.3, 0.4) is 0 Å². The Kier molecular flexibility index (Phi) is 3.72. The van der Waals surface area contributed by atoms with Crippen LogP contribution in [0.4, 0.5) is 0 Å². The van der Waals surface area contributed by atoms with Crippen molar-refractivity contribution in [3.05, 3.63) is 35.4 Å². The molecule has 0 bridgehead atoms. The number of hydrogen-bond acceptors (Lipinski definition) is 3. The summed E-state index contributed by atoms with van der Waals surface area (Å²) in [6, 6.07) is 8.15. The Labute approximate surface area is 90.0 Å². The summed E-state index contributed by atoms with van der Waals surface area (Å²) in [6.07, 6.45) is 0.949. The second kappa shape index (κ2) is 5.26. The van der Waals surface area contributed by atoms with Crippen LogP contribution in [0.15, 0.2) is 24.3 Å². The summed E-state index contributed by atoms with van der Waals surface area (Å²) >= 11 is 0. The third kappa shape index (κ3) is 3.02. The predicted molar refractivity (Wildman–Crippen MR) is 56.3 cm³/mol. The summed E-state index contributed by atoms with van der Waals surface area (Å²) in [5.41, 5.74) is 2.41. The van der Waals surface area contributed by atoms with Gasteiger partial charge in [0.2, 0.25) is 0 Å². The van der Waals surface area contributed by atoms with Gasteiger partial charge in [0.25, 0.3) is 6.48 Å². The molecule has 0 N–H and O–H groups in total. The van der Waals surface area contributed by atoms with Gasteiger partial charge in [-0.25, -0.2) is 0 Å². The molecule has 82 valence electrons. The molecule has 1 heterocycles. The van der Waals surface area contributed by atoms with Crippen LogP contribution in [-0.2, 0) is 20.8 Å². The third-order valence-corrected chi connectivity index (χ3v) is 2.43. The normalized spacial score (nSPS) is 17.9. The first kappa shape index (κ1) is 10.6.